The summed E-state index contributed by atoms with van der Waals surface area (Å²) in [5.74, 6) is 1.57. The van der Waals surface area contributed by atoms with Crippen LogP contribution in [0, 0.1) is 13.8 Å². The molecule has 0 aromatic carbocycles. The summed E-state index contributed by atoms with van der Waals surface area (Å²) in [5.41, 5.74) is 3.76. The highest BCUT2D eigenvalue weighted by molar-refractivity contribution is 5.54. The number of hydrogen-bond acceptors (Lipinski definition) is 5. The van der Waals surface area contributed by atoms with Crippen molar-refractivity contribution in [1.82, 2.24) is 19.9 Å². The third kappa shape index (κ3) is 3.59. The SMILES string of the molecule is CCCNCCc1cn2cccc(OCc3c(C)noc3C)c2n1. The second-order valence-electron chi connectivity index (χ2n) is 5.93. The van der Waals surface area contributed by atoms with Crippen LogP contribution in [0.1, 0.15) is 36.1 Å². The minimum atomic E-state index is 0.432. The van der Waals surface area contributed by atoms with E-state index in [1.807, 2.05) is 36.6 Å². The Bertz CT molecular complexity index is 787. The van der Waals surface area contributed by atoms with Gasteiger partial charge in [0.2, 0.25) is 0 Å². The fourth-order valence-corrected chi connectivity index (χ4v) is 2.65. The zero-order chi connectivity index (χ0) is 16.9. The lowest BCUT2D eigenvalue weighted by atomic mass is 10.2. The van der Waals surface area contributed by atoms with Gasteiger partial charge >= 0.3 is 0 Å². The highest BCUT2D eigenvalue weighted by atomic mass is 16.5. The molecule has 0 fully saturated rings. The second-order valence-corrected chi connectivity index (χ2v) is 5.93. The normalized spacial score (nSPS) is 11.3. The van der Waals surface area contributed by atoms with Crippen molar-refractivity contribution < 1.29 is 9.26 Å². The summed E-state index contributed by atoms with van der Waals surface area (Å²) in [5, 5.41) is 7.36. The number of nitrogens with one attached hydrogen (secondary N) is 1. The van der Waals surface area contributed by atoms with Crippen molar-refractivity contribution in [2.75, 3.05) is 13.1 Å². The molecule has 0 saturated carbocycles. The first-order valence-corrected chi connectivity index (χ1v) is 8.41. The largest absolute Gasteiger partial charge is 0.485 e. The van der Waals surface area contributed by atoms with Crippen molar-refractivity contribution in [3.63, 3.8) is 0 Å². The molecular formula is C18H24N4O2. The molecule has 1 N–H and O–H groups in total. The van der Waals surface area contributed by atoms with Crippen LogP contribution in [0.4, 0.5) is 0 Å². The third-order valence-electron chi connectivity index (χ3n) is 4.03. The molecule has 6 heteroatoms. The van der Waals surface area contributed by atoms with Gasteiger partial charge in [0, 0.05) is 25.4 Å². The maximum absolute atomic E-state index is 5.98. The molecule has 3 rings (SSSR count). The molecule has 0 saturated heterocycles. The summed E-state index contributed by atoms with van der Waals surface area (Å²) in [6.07, 6.45) is 6.11. The topological polar surface area (TPSA) is 64.6 Å². The monoisotopic (exact) mass is 328 g/mol. The van der Waals surface area contributed by atoms with Crippen LogP contribution in [0.2, 0.25) is 0 Å². The van der Waals surface area contributed by atoms with E-state index in [4.69, 9.17) is 14.2 Å². The van der Waals surface area contributed by atoms with Gasteiger partial charge in [-0.25, -0.2) is 4.98 Å². The number of nitrogens with zero attached hydrogens (tertiary/aromatic N) is 3. The Morgan fingerprint density at radius 3 is 2.92 bits per heavy atom. The maximum Gasteiger partial charge on any atom is 0.179 e. The Hall–Kier alpha value is -2.34. The molecule has 0 amide bonds. The smallest absolute Gasteiger partial charge is 0.179 e. The summed E-state index contributed by atoms with van der Waals surface area (Å²) in [7, 11) is 0. The van der Waals surface area contributed by atoms with Gasteiger partial charge in [-0.05, 0) is 38.9 Å². The van der Waals surface area contributed by atoms with Crippen LogP contribution in [0.25, 0.3) is 5.65 Å². The molecule has 6 nitrogen and oxygen atoms in total. The van der Waals surface area contributed by atoms with E-state index < -0.39 is 0 Å². The van der Waals surface area contributed by atoms with Gasteiger partial charge in [-0.3, -0.25) is 0 Å². The van der Waals surface area contributed by atoms with Gasteiger partial charge in [0.1, 0.15) is 12.4 Å². The third-order valence-corrected chi connectivity index (χ3v) is 4.03. The minimum absolute atomic E-state index is 0.432. The van der Waals surface area contributed by atoms with E-state index in [1.165, 1.54) is 0 Å². The first kappa shape index (κ1) is 16.5. The van der Waals surface area contributed by atoms with Crippen LogP contribution in [0.15, 0.2) is 29.0 Å². The van der Waals surface area contributed by atoms with E-state index in [9.17, 15) is 0 Å². The minimum Gasteiger partial charge on any atom is -0.485 e. The molecular weight excluding hydrogens is 304 g/mol. The zero-order valence-electron chi connectivity index (χ0n) is 14.5. The molecule has 24 heavy (non-hydrogen) atoms. The standard InChI is InChI=1S/C18H24N4O2/c1-4-8-19-9-7-15-11-22-10-5-6-17(18(22)20-15)23-12-16-13(2)21-24-14(16)3/h5-6,10-11,19H,4,7-9,12H2,1-3H3. The summed E-state index contributed by atoms with van der Waals surface area (Å²) >= 11 is 0. The van der Waals surface area contributed by atoms with E-state index >= 15 is 0 Å². The molecule has 3 heterocycles. The van der Waals surface area contributed by atoms with E-state index in [-0.39, 0.29) is 0 Å². The quantitative estimate of drug-likeness (QED) is 0.644. The number of aromatic nitrogens is 3. The van der Waals surface area contributed by atoms with Gasteiger partial charge in [0.25, 0.3) is 0 Å². The van der Waals surface area contributed by atoms with Crippen LogP contribution < -0.4 is 10.1 Å². The molecule has 0 atom stereocenters. The fourth-order valence-electron chi connectivity index (χ4n) is 2.65. The number of aryl methyl sites for hydroxylation is 2. The molecule has 0 spiro atoms. The summed E-state index contributed by atoms with van der Waals surface area (Å²) in [6, 6.07) is 3.91. The molecule has 3 aromatic heterocycles. The Kier molecular flexibility index (Phi) is 5.15. The van der Waals surface area contributed by atoms with Gasteiger partial charge in [-0.1, -0.05) is 12.1 Å². The van der Waals surface area contributed by atoms with Crippen LogP contribution in [0.5, 0.6) is 5.75 Å². The summed E-state index contributed by atoms with van der Waals surface area (Å²) < 4.78 is 13.2. The van der Waals surface area contributed by atoms with E-state index in [1.54, 1.807) is 0 Å². The average Bonchev–Trinajstić information content (AvgIpc) is 3.13. The molecule has 3 aromatic rings. The number of hydrogen-bond donors (Lipinski definition) is 1. The number of rotatable bonds is 8. The number of pyridine rings is 1. The van der Waals surface area contributed by atoms with Gasteiger partial charge in [0.05, 0.1) is 17.0 Å². The number of ether oxygens (including phenoxy) is 1. The molecule has 0 radical (unpaired) electrons. The van der Waals surface area contributed by atoms with Crippen LogP contribution in [0.3, 0.4) is 0 Å². The molecule has 0 aliphatic rings. The second kappa shape index (κ2) is 7.49. The van der Waals surface area contributed by atoms with Crippen LogP contribution in [-0.2, 0) is 13.0 Å². The highest BCUT2D eigenvalue weighted by Crippen LogP contribution is 2.22. The van der Waals surface area contributed by atoms with Crippen molar-refractivity contribution in [3.05, 3.63) is 47.2 Å². The van der Waals surface area contributed by atoms with Crippen molar-refractivity contribution in [1.29, 1.82) is 0 Å². The lowest BCUT2D eigenvalue weighted by molar-refractivity contribution is 0.303. The predicted molar refractivity (Wildman–Crippen MR) is 92.4 cm³/mol. The Labute approximate surface area is 141 Å². The van der Waals surface area contributed by atoms with Crippen molar-refractivity contribution in [2.24, 2.45) is 0 Å². The van der Waals surface area contributed by atoms with Gasteiger partial charge in [-0.2, -0.15) is 0 Å². The maximum atomic E-state index is 5.98. The Balaban J connectivity index is 1.72. The molecule has 128 valence electrons. The van der Waals surface area contributed by atoms with Gasteiger partial charge in [0.15, 0.2) is 11.4 Å². The molecule has 0 unspecified atom stereocenters. The van der Waals surface area contributed by atoms with Crippen LogP contribution in [-0.4, -0.2) is 27.6 Å². The number of fused-ring (bicyclic) bond motifs is 1. The van der Waals surface area contributed by atoms with Gasteiger partial charge in [-0.15, -0.1) is 0 Å². The molecule has 0 bridgehead atoms. The first-order chi connectivity index (χ1) is 11.7. The lowest BCUT2D eigenvalue weighted by Crippen LogP contribution is -2.17. The van der Waals surface area contributed by atoms with Crippen molar-refractivity contribution >= 4 is 5.65 Å². The highest BCUT2D eigenvalue weighted by Gasteiger charge is 2.12. The number of imidazole rings is 1. The van der Waals surface area contributed by atoms with E-state index in [0.29, 0.717) is 6.61 Å². The molecule has 0 aliphatic carbocycles. The van der Waals surface area contributed by atoms with Crippen molar-refractivity contribution in [3.8, 4) is 5.75 Å². The average molecular weight is 328 g/mol. The fraction of sp³-hybridized carbons (Fsp3) is 0.444. The van der Waals surface area contributed by atoms with E-state index in [2.05, 4.69) is 23.6 Å². The lowest BCUT2D eigenvalue weighted by Gasteiger charge is -2.06. The van der Waals surface area contributed by atoms with Crippen molar-refractivity contribution in [2.45, 2.75) is 40.2 Å². The Morgan fingerprint density at radius 1 is 1.29 bits per heavy atom. The van der Waals surface area contributed by atoms with Gasteiger partial charge < -0.3 is 19.0 Å². The zero-order valence-corrected chi connectivity index (χ0v) is 14.5. The Morgan fingerprint density at radius 2 is 2.17 bits per heavy atom. The summed E-state index contributed by atoms with van der Waals surface area (Å²) in [6.45, 7) is 8.40. The first-order valence-electron chi connectivity index (χ1n) is 8.41. The summed E-state index contributed by atoms with van der Waals surface area (Å²) in [4.78, 5) is 4.71. The molecule has 0 aliphatic heterocycles. The predicted octanol–water partition coefficient (Wildman–Crippen LogP) is 3.06. The van der Waals surface area contributed by atoms with E-state index in [0.717, 1.165) is 60.0 Å². The van der Waals surface area contributed by atoms with Crippen LogP contribution >= 0.6 is 0 Å².